The van der Waals surface area contributed by atoms with Gasteiger partial charge < -0.3 is 10.1 Å². The standard InChI is InChI=1S/C16H16FNO/c1-10-7-8-15-14(9-10)18-11(2)16(19-15)12-5-3-4-6-13(12)17/h3-9,11,16,18H,1-2H3. The molecule has 0 amide bonds. The highest BCUT2D eigenvalue weighted by atomic mass is 19.1. The van der Waals surface area contributed by atoms with E-state index in [1.54, 1.807) is 12.1 Å². The first-order chi connectivity index (χ1) is 9.15. The molecule has 1 aliphatic heterocycles. The van der Waals surface area contributed by atoms with E-state index in [0.717, 1.165) is 11.4 Å². The Morgan fingerprint density at radius 3 is 2.74 bits per heavy atom. The number of hydrogen-bond donors (Lipinski definition) is 1. The molecular formula is C16H16FNO. The van der Waals surface area contributed by atoms with Crippen molar-refractivity contribution in [3.05, 3.63) is 59.4 Å². The zero-order valence-electron chi connectivity index (χ0n) is 11.0. The van der Waals surface area contributed by atoms with E-state index in [0.29, 0.717) is 5.56 Å². The molecule has 1 aliphatic rings. The van der Waals surface area contributed by atoms with Crippen molar-refractivity contribution in [2.75, 3.05) is 5.32 Å². The van der Waals surface area contributed by atoms with Crippen LogP contribution in [-0.4, -0.2) is 6.04 Å². The SMILES string of the molecule is Cc1ccc2c(c1)NC(C)C(c1ccccc1F)O2. The molecular weight excluding hydrogens is 241 g/mol. The number of nitrogens with one attached hydrogen (secondary N) is 1. The van der Waals surface area contributed by atoms with Crippen molar-refractivity contribution in [2.45, 2.75) is 26.0 Å². The first-order valence-electron chi connectivity index (χ1n) is 6.43. The normalized spacial score (nSPS) is 21.2. The van der Waals surface area contributed by atoms with Gasteiger partial charge in [-0.2, -0.15) is 0 Å². The summed E-state index contributed by atoms with van der Waals surface area (Å²) in [5.74, 6) is 0.550. The van der Waals surface area contributed by atoms with Crippen LogP contribution in [0.15, 0.2) is 42.5 Å². The lowest BCUT2D eigenvalue weighted by molar-refractivity contribution is 0.173. The van der Waals surface area contributed by atoms with Crippen molar-refractivity contribution >= 4 is 5.69 Å². The summed E-state index contributed by atoms with van der Waals surface area (Å²) in [6, 6.07) is 12.8. The zero-order valence-corrected chi connectivity index (χ0v) is 11.0. The summed E-state index contributed by atoms with van der Waals surface area (Å²) in [4.78, 5) is 0. The lowest BCUT2D eigenvalue weighted by Crippen LogP contribution is -2.33. The van der Waals surface area contributed by atoms with Gasteiger partial charge in [0.25, 0.3) is 0 Å². The average Bonchev–Trinajstić information content (AvgIpc) is 2.39. The molecule has 98 valence electrons. The molecule has 0 saturated carbocycles. The molecule has 0 saturated heterocycles. The monoisotopic (exact) mass is 257 g/mol. The topological polar surface area (TPSA) is 21.3 Å². The van der Waals surface area contributed by atoms with Crippen molar-refractivity contribution in [3.63, 3.8) is 0 Å². The van der Waals surface area contributed by atoms with Gasteiger partial charge in [0.15, 0.2) is 0 Å². The molecule has 2 unspecified atom stereocenters. The van der Waals surface area contributed by atoms with Crippen LogP contribution in [0.4, 0.5) is 10.1 Å². The second kappa shape index (κ2) is 4.57. The van der Waals surface area contributed by atoms with E-state index in [9.17, 15) is 4.39 Å². The van der Waals surface area contributed by atoms with Crippen LogP contribution in [0.1, 0.15) is 24.2 Å². The Morgan fingerprint density at radius 2 is 1.95 bits per heavy atom. The summed E-state index contributed by atoms with van der Waals surface area (Å²) < 4.78 is 19.8. The molecule has 1 heterocycles. The molecule has 0 aliphatic carbocycles. The van der Waals surface area contributed by atoms with Crippen LogP contribution < -0.4 is 10.1 Å². The number of hydrogen-bond acceptors (Lipinski definition) is 2. The molecule has 0 aromatic heterocycles. The van der Waals surface area contributed by atoms with E-state index >= 15 is 0 Å². The number of halogens is 1. The summed E-state index contributed by atoms with van der Waals surface area (Å²) in [5.41, 5.74) is 2.74. The third-order valence-corrected chi connectivity index (χ3v) is 3.44. The van der Waals surface area contributed by atoms with Crippen LogP contribution in [0.2, 0.25) is 0 Å². The number of ether oxygens (including phenoxy) is 1. The summed E-state index contributed by atoms with van der Waals surface area (Å²) in [6.07, 6.45) is -0.309. The molecule has 2 aromatic rings. The van der Waals surface area contributed by atoms with Crippen LogP contribution in [-0.2, 0) is 0 Å². The largest absolute Gasteiger partial charge is 0.481 e. The summed E-state index contributed by atoms with van der Waals surface area (Å²) in [5, 5.41) is 3.38. The minimum atomic E-state index is -0.309. The molecule has 0 spiro atoms. The molecule has 19 heavy (non-hydrogen) atoms. The number of aryl methyl sites for hydroxylation is 1. The molecule has 0 bridgehead atoms. The number of anilines is 1. The van der Waals surface area contributed by atoms with Crippen molar-refractivity contribution in [1.82, 2.24) is 0 Å². The quantitative estimate of drug-likeness (QED) is 0.831. The van der Waals surface area contributed by atoms with Gasteiger partial charge >= 0.3 is 0 Å². The average molecular weight is 257 g/mol. The van der Waals surface area contributed by atoms with Crippen LogP contribution in [0, 0.1) is 12.7 Å². The summed E-state index contributed by atoms with van der Waals surface area (Å²) >= 11 is 0. The van der Waals surface area contributed by atoms with Gasteiger partial charge in [0.2, 0.25) is 0 Å². The summed E-state index contributed by atoms with van der Waals surface area (Å²) in [6.45, 7) is 4.04. The summed E-state index contributed by atoms with van der Waals surface area (Å²) in [7, 11) is 0. The first-order valence-corrected chi connectivity index (χ1v) is 6.43. The third kappa shape index (κ3) is 2.16. The van der Waals surface area contributed by atoms with Crippen LogP contribution in [0.3, 0.4) is 0 Å². The Labute approximate surface area is 112 Å². The predicted octanol–water partition coefficient (Wildman–Crippen LogP) is 4.07. The minimum Gasteiger partial charge on any atom is -0.481 e. The highest BCUT2D eigenvalue weighted by Gasteiger charge is 2.29. The molecule has 3 rings (SSSR count). The maximum atomic E-state index is 13.9. The number of rotatable bonds is 1. The Balaban J connectivity index is 1.98. The molecule has 0 fully saturated rings. The fourth-order valence-corrected chi connectivity index (χ4v) is 2.46. The van der Waals surface area contributed by atoms with Gasteiger partial charge in [0.05, 0.1) is 11.7 Å². The zero-order chi connectivity index (χ0) is 13.4. The van der Waals surface area contributed by atoms with E-state index in [2.05, 4.69) is 5.32 Å². The predicted molar refractivity (Wildman–Crippen MR) is 74.0 cm³/mol. The molecule has 1 N–H and O–H groups in total. The Kier molecular flexibility index (Phi) is 2.90. The first kappa shape index (κ1) is 12.0. The Bertz CT molecular complexity index is 611. The second-order valence-corrected chi connectivity index (χ2v) is 4.99. The molecule has 3 heteroatoms. The van der Waals surface area contributed by atoms with Crippen molar-refractivity contribution in [1.29, 1.82) is 0 Å². The van der Waals surface area contributed by atoms with Gasteiger partial charge in [0.1, 0.15) is 17.7 Å². The van der Waals surface area contributed by atoms with Crippen molar-refractivity contribution < 1.29 is 9.13 Å². The fourth-order valence-electron chi connectivity index (χ4n) is 2.46. The Hall–Kier alpha value is -2.03. The molecule has 2 nitrogen and oxygen atoms in total. The maximum Gasteiger partial charge on any atom is 0.146 e. The molecule has 0 radical (unpaired) electrons. The highest BCUT2D eigenvalue weighted by molar-refractivity contribution is 5.60. The molecule has 2 atom stereocenters. The minimum absolute atomic E-state index is 0.0196. The molecule has 2 aromatic carbocycles. The van der Waals surface area contributed by atoms with Gasteiger partial charge in [-0.1, -0.05) is 24.3 Å². The lowest BCUT2D eigenvalue weighted by atomic mass is 10.00. The van der Waals surface area contributed by atoms with E-state index in [-0.39, 0.29) is 18.0 Å². The van der Waals surface area contributed by atoms with E-state index in [1.807, 2.05) is 38.1 Å². The van der Waals surface area contributed by atoms with Gasteiger partial charge in [-0.15, -0.1) is 0 Å². The van der Waals surface area contributed by atoms with Gasteiger partial charge in [-0.25, -0.2) is 4.39 Å². The Morgan fingerprint density at radius 1 is 1.16 bits per heavy atom. The van der Waals surface area contributed by atoms with Crippen LogP contribution >= 0.6 is 0 Å². The maximum absolute atomic E-state index is 13.9. The van der Waals surface area contributed by atoms with Gasteiger partial charge in [-0.05, 0) is 37.6 Å². The van der Waals surface area contributed by atoms with Crippen molar-refractivity contribution in [3.8, 4) is 5.75 Å². The van der Waals surface area contributed by atoms with E-state index < -0.39 is 0 Å². The smallest absolute Gasteiger partial charge is 0.146 e. The second-order valence-electron chi connectivity index (χ2n) is 4.99. The highest BCUT2D eigenvalue weighted by Crippen LogP contribution is 2.38. The third-order valence-electron chi connectivity index (χ3n) is 3.44. The van der Waals surface area contributed by atoms with Gasteiger partial charge in [0, 0.05) is 5.56 Å². The van der Waals surface area contributed by atoms with Gasteiger partial charge in [-0.3, -0.25) is 0 Å². The van der Waals surface area contributed by atoms with Crippen molar-refractivity contribution in [2.24, 2.45) is 0 Å². The van der Waals surface area contributed by atoms with E-state index in [1.165, 1.54) is 11.6 Å². The van der Waals surface area contributed by atoms with Crippen LogP contribution in [0.5, 0.6) is 5.75 Å². The number of fused-ring (bicyclic) bond motifs is 1. The lowest BCUT2D eigenvalue weighted by Gasteiger charge is -2.33. The van der Waals surface area contributed by atoms with Crippen LogP contribution in [0.25, 0.3) is 0 Å². The number of benzene rings is 2. The van der Waals surface area contributed by atoms with E-state index in [4.69, 9.17) is 4.74 Å². The fraction of sp³-hybridized carbons (Fsp3) is 0.250.